The number of halogens is 2. The largest absolute Gasteiger partial charge is 0.295 e. The van der Waals surface area contributed by atoms with Crippen molar-refractivity contribution in [3.05, 3.63) is 51.9 Å². The number of fused-ring (bicyclic) bond motifs is 1. The van der Waals surface area contributed by atoms with Crippen molar-refractivity contribution in [1.82, 2.24) is 25.2 Å². The van der Waals surface area contributed by atoms with Gasteiger partial charge in [0.05, 0.1) is 12.7 Å². The lowest BCUT2D eigenvalue weighted by Crippen LogP contribution is -2.24. The molecule has 0 atom stereocenters. The number of nitrogens with one attached hydrogen (secondary N) is 1. The van der Waals surface area contributed by atoms with E-state index >= 15 is 0 Å². The van der Waals surface area contributed by atoms with E-state index in [9.17, 15) is 13.6 Å². The Morgan fingerprint density at radius 3 is 2.89 bits per heavy atom. The number of benzene rings is 1. The molecule has 2 heterocycles. The van der Waals surface area contributed by atoms with Crippen molar-refractivity contribution in [2.45, 2.75) is 6.54 Å². The number of aromatic nitrogens is 5. The Balaban J connectivity index is 2.03. The van der Waals surface area contributed by atoms with E-state index in [1.807, 2.05) is 0 Å². The van der Waals surface area contributed by atoms with Crippen LogP contribution in [-0.2, 0) is 6.54 Å². The molecular formula is C11H7F2N5O. The molecule has 0 saturated carbocycles. The molecule has 0 aliphatic rings. The zero-order valence-electron chi connectivity index (χ0n) is 9.47. The molecule has 1 N–H and O–H groups in total. The molecule has 0 aliphatic heterocycles. The first-order valence-corrected chi connectivity index (χ1v) is 5.36. The molecule has 1 aromatic carbocycles. The van der Waals surface area contributed by atoms with E-state index in [2.05, 4.69) is 20.5 Å². The quantitative estimate of drug-likeness (QED) is 0.743. The van der Waals surface area contributed by atoms with Crippen molar-refractivity contribution in [3.63, 3.8) is 0 Å². The van der Waals surface area contributed by atoms with Crippen molar-refractivity contribution >= 4 is 11.0 Å². The summed E-state index contributed by atoms with van der Waals surface area (Å²) in [6, 6.07) is 3.39. The maximum Gasteiger partial charge on any atom is 0.295 e. The summed E-state index contributed by atoms with van der Waals surface area (Å²) >= 11 is 0. The van der Waals surface area contributed by atoms with Gasteiger partial charge in [-0.2, -0.15) is 5.10 Å². The van der Waals surface area contributed by atoms with Crippen LogP contribution in [0.5, 0.6) is 0 Å². The van der Waals surface area contributed by atoms with Gasteiger partial charge in [-0.05, 0) is 17.7 Å². The molecule has 0 unspecified atom stereocenters. The standard InChI is InChI=1S/C11H7F2N5O/c12-7-2-1-6(3-8(7)13)5-18-11(19)10-9(15-17-18)4-14-16-10/h1-4H,5H2,(H,14,16). The minimum absolute atomic E-state index is 0.00199. The van der Waals surface area contributed by atoms with Crippen LogP contribution >= 0.6 is 0 Å². The lowest BCUT2D eigenvalue weighted by Gasteiger charge is -2.03. The van der Waals surface area contributed by atoms with Gasteiger partial charge in [0.2, 0.25) is 0 Å². The highest BCUT2D eigenvalue weighted by molar-refractivity contribution is 5.70. The third-order valence-corrected chi connectivity index (χ3v) is 2.64. The van der Waals surface area contributed by atoms with Gasteiger partial charge in [0.25, 0.3) is 5.56 Å². The van der Waals surface area contributed by atoms with Gasteiger partial charge in [0, 0.05) is 0 Å². The first kappa shape index (κ1) is 11.5. The third kappa shape index (κ3) is 1.96. The molecule has 2 aromatic heterocycles. The van der Waals surface area contributed by atoms with Crippen molar-refractivity contribution in [1.29, 1.82) is 0 Å². The molecular weight excluding hydrogens is 256 g/mol. The van der Waals surface area contributed by atoms with E-state index in [1.165, 1.54) is 12.3 Å². The Labute approximate surface area is 104 Å². The summed E-state index contributed by atoms with van der Waals surface area (Å²) in [6.45, 7) is -0.00199. The molecule has 0 fully saturated rings. The van der Waals surface area contributed by atoms with Gasteiger partial charge in [0.15, 0.2) is 17.2 Å². The van der Waals surface area contributed by atoms with Gasteiger partial charge < -0.3 is 0 Å². The fourth-order valence-corrected chi connectivity index (χ4v) is 1.70. The van der Waals surface area contributed by atoms with E-state index in [0.29, 0.717) is 11.1 Å². The van der Waals surface area contributed by atoms with Crippen LogP contribution in [0.25, 0.3) is 11.0 Å². The second-order valence-electron chi connectivity index (χ2n) is 3.93. The summed E-state index contributed by atoms with van der Waals surface area (Å²) in [6.07, 6.45) is 1.38. The summed E-state index contributed by atoms with van der Waals surface area (Å²) < 4.78 is 26.9. The van der Waals surface area contributed by atoms with Crippen LogP contribution in [0.1, 0.15) is 5.56 Å². The lowest BCUT2D eigenvalue weighted by atomic mass is 10.2. The SMILES string of the molecule is O=c1c2[nH]ncc2nnn1Cc1ccc(F)c(F)c1. The summed E-state index contributed by atoms with van der Waals surface area (Å²) in [4.78, 5) is 12.0. The fraction of sp³-hybridized carbons (Fsp3) is 0.0909. The normalized spacial score (nSPS) is 11.1. The van der Waals surface area contributed by atoms with E-state index in [4.69, 9.17) is 0 Å². The van der Waals surface area contributed by atoms with Crippen molar-refractivity contribution < 1.29 is 8.78 Å². The Morgan fingerprint density at radius 1 is 1.26 bits per heavy atom. The monoisotopic (exact) mass is 263 g/mol. The van der Waals surface area contributed by atoms with Crippen LogP contribution in [0, 0.1) is 11.6 Å². The minimum atomic E-state index is -0.971. The Kier molecular flexibility index (Phi) is 2.55. The zero-order chi connectivity index (χ0) is 13.4. The Morgan fingerprint density at radius 2 is 2.11 bits per heavy atom. The summed E-state index contributed by atoms with van der Waals surface area (Å²) in [7, 11) is 0. The van der Waals surface area contributed by atoms with Crippen LogP contribution in [0.2, 0.25) is 0 Å². The predicted molar refractivity (Wildman–Crippen MR) is 61.4 cm³/mol. The molecule has 0 bridgehead atoms. The molecule has 0 saturated heterocycles. The van der Waals surface area contributed by atoms with E-state index in [1.54, 1.807) is 0 Å². The van der Waals surface area contributed by atoms with Gasteiger partial charge in [-0.25, -0.2) is 13.5 Å². The number of aromatic amines is 1. The highest BCUT2D eigenvalue weighted by Crippen LogP contribution is 2.09. The number of hydrogen-bond acceptors (Lipinski definition) is 4. The van der Waals surface area contributed by atoms with Gasteiger partial charge >= 0.3 is 0 Å². The fourth-order valence-electron chi connectivity index (χ4n) is 1.70. The first-order valence-electron chi connectivity index (χ1n) is 5.36. The number of H-pyrrole nitrogens is 1. The summed E-state index contributed by atoms with van der Waals surface area (Å²) in [5.74, 6) is -1.91. The molecule has 6 nitrogen and oxygen atoms in total. The van der Waals surface area contributed by atoms with Crippen LogP contribution in [0.4, 0.5) is 8.78 Å². The van der Waals surface area contributed by atoms with Gasteiger partial charge in [-0.1, -0.05) is 11.3 Å². The number of rotatable bonds is 2. The number of nitrogens with zero attached hydrogens (tertiary/aromatic N) is 4. The van der Waals surface area contributed by atoms with Crippen molar-refractivity contribution in [3.8, 4) is 0 Å². The smallest absolute Gasteiger partial charge is 0.271 e. The highest BCUT2D eigenvalue weighted by Gasteiger charge is 2.09. The van der Waals surface area contributed by atoms with Crippen LogP contribution < -0.4 is 5.56 Å². The average Bonchev–Trinajstić information content (AvgIpc) is 2.86. The molecule has 0 spiro atoms. The maximum atomic E-state index is 13.1. The lowest BCUT2D eigenvalue weighted by molar-refractivity contribution is 0.504. The number of hydrogen-bond donors (Lipinski definition) is 1. The maximum absolute atomic E-state index is 13.1. The molecule has 0 amide bonds. The summed E-state index contributed by atoms with van der Waals surface area (Å²) in [5, 5.41) is 13.7. The Hall–Kier alpha value is -2.64. The van der Waals surface area contributed by atoms with E-state index in [-0.39, 0.29) is 12.1 Å². The van der Waals surface area contributed by atoms with E-state index < -0.39 is 17.2 Å². The summed E-state index contributed by atoms with van der Waals surface area (Å²) in [5.41, 5.74) is 0.561. The molecule has 3 rings (SSSR count). The van der Waals surface area contributed by atoms with Crippen LogP contribution in [-0.4, -0.2) is 25.2 Å². The topological polar surface area (TPSA) is 76.5 Å². The molecule has 0 radical (unpaired) electrons. The van der Waals surface area contributed by atoms with Gasteiger partial charge in [-0.3, -0.25) is 9.89 Å². The Bertz CT molecular complexity index is 810. The first-order chi connectivity index (χ1) is 9.15. The third-order valence-electron chi connectivity index (χ3n) is 2.64. The van der Waals surface area contributed by atoms with E-state index in [0.717, 1.165) is 16.8 Å². The molecule has 0 aliphatic carbocycles. The van der Waals surface area contributed by atoms with Crippen molar-refractivity contribution in [2.75, 3.05) is 0 Å². The van der Waals surface area contributed by atoms with Crippen LogP contribution in [0.15, 0.2) is 29.2 Å². The van der Waals surface area contributed by atoms with Gasteiger partial charge in [-0.15, -0.1) is 5.10 Å². The molecule has 19 heavy (non-hydrogen) atoms. The highest BCUT2D eigenvalue weighted by atomic mass is 19.2. The van der Waals surface area contributed by atoms with Crippen molar-refractivity contribution in [2.24, 2.45) is 0 Å². The second-order valence-corrected chi connectivity index (χ2v) is 3.93. The molecule has 96 valence electrons. The minimum Gasteiger partial charge on any atom is -0.271 e. The van der Waals surface area contributed by atoms with Crippen LogP contribution in [0.3, 0.4) is 0 Å². The van der Waals surface area contributed by atoms with Gasteiger partial charge in [0.1, 0.15) is 5.52 Å². The molecule has 3 aromatic rings. The predicted octanol–water partition coefficient (Wildman–Crippen LogP) is 0.841. The second kappa shape index (κ2) is 4.23. The average molecular weight is 263 g/mol. The zero-order valence-corrected chi connectivity index (χ0v) is 9.47. The molecule has 8 heteroatoms.